The van der Waals surface area contributed by atoms with Gasteiger partial charge in [0.2, 0.25) is 12.4 Å². The number of esters is 1. The maximum Gasteiger partial charge on any atom is 0.509 e. The molecule has 25 heteroatoms. The molecule has 0 N–H and O–H groups in total. The van der Waals surface area contributed by atoms with E-state index in [-0.39, 0.29) is 49.1 Å². The molecule has 5 atom stereocenters. The smallest absolute Gasteiger partial charge is 0.460 e. The van der Waals surface area contributed by atoms with Crippen LogP contribution in [0.25, 0.3) is 33.3 Å². The number of aryl methyl sites for hydroxylation is 1. The lowest BCUT2D eigenvalue weighted by molar-refractivity contribution is -0.387. The van der Waals surface area contributed by atoms with Crippen molar-refractivity contribution in [2.45, 2.75) is 57.0 Å². The number of amides is 2. The number of carbonyl (C=O) groups excluding carboxylic acids is 5. The van der Waals surface area contributed by atoms with Crippen LogP contribution in [0, 0.1) is 35.7 Å². The molecule has 1 aliphatic rings. The van der Waals surface area contributed by atoms with E-state index in [2.05, 4.69) is 29.7 Å². The number of halogens is 1. The van der Waals surface area contributed by atoms with Crippen LogP contribution in [0.5, 0.6) is 5.75 Å². The number of nitrogens with zero attached hydrogens (tertiary/aromatic N) is 6. The van der Waals surface area contributed by atoms with Gasteiger partial charge in [-0.25, -0.2) is 41.8 Å². The van der Waals surface area contributed by atoms with Gasteiger partial charge in [0.15, 0.2) is 32.8 Å². The van der Waals surface area contributed by atoms with E-state index in [9.17, 15) is 46.9 Å². The fourth-order valence-electron chi connectivity index (χ4n) is 7.91. The van der Waals surface area contributed by atoms with Crippen molar-refractivity contribution in [1.29, 1.82) is 0 Å². The van der Waals surface area contributed by atoms with E-state index >= 15 is 0 Å². The molecule has 1 saturated heterocycles. The average Bonchev–Trinajstić information content (AvgIpc) is 3.82. The fourth-order valence-corrected chi connectivity index (χ4v) is 8.55. The second kappa shape index (κ2) is 25.2. The van der Waals surface area contributed by atoms with E-state index in [1.54, 1.807) is 38.1 Å². The Morgan fingerprint density at radius 1 is 0.844 bits per heavy atom. The van der Waals surface area contributed by atoms with E-state index in [4.69, 9.17) is 37.9 Å². The van der Waals surface area contributed by atoms with Gasteiger partial charge in [0, 0.05) is 74.3 Å². The predicted molar refractivity (Wildman–Crippen MR) is 273 cm³/mol. The first-order valence-electron chi connectivity index (χ1n) is 23.4. The molecule has 23 nitrogen and oxygen atoms in total. The second-order valence-electron chi connectivity index (χ2n) is 17.5. The van der Waals surface area contributed by atoms with E-state index in [0.717, 1.165) is 24.6 Å². The van der Waals surface area contributed by atoms with Crippen LogP contribution in [0.15, 0.2) is 110 Å². The third-order valence-corrected chi connectivity index (χ3v) is 13.0. The molecule has 5 aromatic rings. The van der Waals surface area contributed by atoms with Gasteiger partial charge in [0.05, 0.1) is 22.3 Å². The van der Waals surface area contributed by atoms with Crippen molar-refractivity contribution in [1.82, 2.24) is 24.3 Å². The highest BCUT2D eigenvalue weighted by atomic mass is 32.2. The molecule has 0 aliphatic carbocycles. The van der Waals surface area contributed by atoms with Crippen molar-refractivity contribution in [3.05, 3.63) is 138 Å². The highest BCUT2D eigenvalue weighted by Crippen LogP contribution is 2.38. The number of hydrogen-bond acceptors (Lipinski definition) is 19. The molecule has 408 valence electrons. The topological polar surface area (TPSA) is 274 Å². The fraction of sp³-hybridized carbons (Fsp3) is 0.327. The van der Waals surface area contributed by atoms with E-state index in [1.807, 2.05) is 0 Å². The van der Waals surface area contributed by atoms with Crippen molar-refractivity contribution in [3.63, 3.8) is 0 Å². The Balaban J connectivity index is 1.18. The van der Waals surface area contributed by atoms with Gasteiger partial charge in [-0.3, -0.25) is 19.7 Å². The van der Waals surface area contributed by atoms with E-state index in [0.29, 0.717) is 38.9 Å². The van der Waals surface area contributed by atoms with Crippen molar-refractivity contribution in [2.75, 3.05) is 53.3 Å². The number of pyridine rings is 2. The summed E-state index contributed by atoms with van der Waals surface area (Å²) in [5, 5.41) is 13.0. The zero-order chi connectivity index (χ0) is 56.3. The molecule has 0 unspecified atom stereocenters. The summed E-state index contributed by atoms with van der Waals surface area (Å²) in [4.78, 5) is 88.8. The summed E-state index contributed by atoms with van der Waals surface area (Å²) < 4.78 is 84.0. The minimum Gasteiger partial charge on any atom is -0.460 e. The second-order valence-corrected chi connectivity index (χ2v) is 19.4. The molecular formula is C52H55FN6O17S. The summed E-state index contributed by atoms with van der Waals surface area (Å²) in [6, 6.07) is 11.4. The zero-order valence-electron chi connectivity index (χ0n) is 42.7. The number of fused-ring (bicyclic) bond motifs is 1. The van der Waals surface area contributed by atoms with Gasteiger partial charge in [-0.2, -0.15) is 0 Å². The van der Waals surface area contributed by atoms with Gasteiger partial charge in [-0.05, 0) is 66.4 Å². The quantitative estimate of drug-likeness (QED) is 0.0235. The Morgan fingerprint density at radius 3 is 2.13 bits per heavy atom. The number of nitro groups is 1. The van der Waals surface area contributed by atoms with Crippen LogP contribution < -0.4 is 4.74 Å². The molecule has 4 heterocycles. The SMILES string of the molecule is C=CCOC(=O)O[C@H]1[C@H](Oc2ccc(COC(=O)N(C)CCN(C)C(=O)n3c(-c4cncc(F)c4C)cc4cc(-c5cnc(S(C)(=O)=O)cc5C)ccc43)cc2[N+](=O)[O-])O[C@H](C(=O)OCC=C)[C@@H](C)[C@@H]1OC(=O)OCC=C. The number of hydrogen-bond donors (Lipinski definition) is 0. The number of aromatic nitrogens is 3. The molecule has 3 aromatic heterocycles. The van der Waals surface area contributed by atoms with Gasteiger partial charge < -0.3 is 47.7 Å². The molecular weight excluding hydrogens is 1030 g/mol. The lowest BCUT2D eigenvalue weighted by Gasteiger charge is -2.42. The Hall–Kier alpha value is -8.71. The summed E-state index contributed by atoms with van der Waals surface area (Å²) in [6.07, 6.45) is -1.41. The zero-order valence-corrected chi connectivity index (χ0v) is 43.6. The molecule has 1 aliphatic heterocycles. The minimum atomic E-state index is -3.56. The van der Waals surface area contributed by atoms with Crippen LogP contribution in [0.4, 0.5) is 29.3 Å². The maximum atomic E-state index is 14.9. The van der Waals surface area contributed by atoms with Crippen LogP contribution >= 0.6 is 0 Å². The molecule has 2 amide bonds. The highest BCUT2D eigenvalue weighted by Gasteiger charge is 2.53. The van der Waals surface area contributed by atoms with Crippen LogP contribution in [0.3, 0.4) is 0 Å². The van der Waals surface area contributed by atoms with Crippen molar-refractivity contribution in [3.8, 4) is 28.1 Å². The lowest BCUT2D eigenvalue weighted by atomic mass is 9.90. The molecule has 0 bridgehead atoms. The van der Waals surface area contributed by atoms with E-state index in [1.165, 1.54) is 78.1 Å². The normalized spacial score (nSPS) is 17.0. The summed E-state index contributed by atoms with van der Waals surface area (Å²) >= 11 is 0. The number of nitro benzene ring substituents is 1. The van der Waals surface area contributed by atoms with Crippen molar-refractivity contribution < 1.29 is 79.6 Å². The summed E-state index contributed by atoms with van der Waals surface area (Å²) in [6.45, 7) is 13.8. The monoisotopic (exact) mass is 1090 g/mol. The third kappa shape index (κ3) is 13.8. The summed E-state index contributed by atoms with van der Waals surface area (Å²) in [7, 11) is -0.646. The van der Waals surface area contributed by atoms with Crippen LogP contribution in [-0.4, -0.2) is 146 Å². The first-order valence-corrected chi connectivity index (χ1v) is 25.3. The lowest BCUT2D eigenvalue weighted by Crippen LogP contribution is -2.60. The molecule has 6 rings (SSSR count). The van der Waals surface area contributed by atoms with Crippen LogP contribution in [0.1, 0.15) is 23.6 Å². The van der Waals surface area contributed by atoms with Crippen LogP contribution in [0.2, 0.25) is 0 Å². The number of likely N-dealkylation sites (N-methyl/N-ethyl adjacent to an activating group) is 2. The van der Waals surface area contributed by atoms with E-state index < -0.39 is 99.5 Å². The Morgan fingerprint density at radius 2 is 1.49 bits per heavy atom. The predicted octanol–water partition coefficient (Wildman–Crippen LogP) is 7.89. The number of benzene rings is 2. The van der Waals surface area contributed by atoms with Gasteiger partial charge >= 0.3 is 36.1 Å². The molecule has 0 spiro atoms. The van der Waals surface area contributed by atoms with Crippen molar-refractivity contribution >= 4 is 56.8 Å². The highest BCUT2D eigenvalue weighted by molar-refractivity contribution is 7.90. The number of rotatable bonds is 20. The first-order chi connectivity index (χ1) is 36.6. The standard InChI is InChI=1S/C52H55FN6O17S/c1-10-19-69-47(60)45-32(6)44(75-51(63)70-20-11-2)46(76-52(64)71-21-12-3)48(74-45)73-42-16-13-33(23-41(42)59(65)66)29-72-50(62)57(8)18-17-56(7)49(61)58-39-15-14-34(36-27-55-43(22-30(36)4)77(9,67)68)24-35(39)25-40(58)37-26-54-28-38(53)31(37)5/h10-16,22-28,32,44-46,48H,1-3,17-21,29H2,4-9H3/t32-,44-,45-,46+,48+/m0/s1. The molecule has 77 heavy (non-hydrogen) atoms. The first kappa shape index (κ1) is 57.6. The molecule has 0 saturated carbocycles. The summed E-state index contributed by atoms with van der Waals surface area (Å²) in [5.41, 5.74) is 2.75. The Labute approximate surface area is 441 Å². The Bertz CT molecular complexity index is 3220. The van der Waals surface area contributed by atoms with Crippen LogP contribution in [-0.2, 0) is 54.4 Å². The van der Waals surface area contributed by atoms with Gasteiger partial charge in [-0.1, -0.05) is 57.0 Å². The largest absolute Gasteiger partial charge is 0.509 e. The van der Waals surface area contributed by atoms with Gasteiger partial charge in [-0.15, -0.1) is 0 Å². The van der Waals surface area contributed by atoms with Gasteiger partial charge in [0.25, 0.3) is 0 Å². The van der Waals surface area contributed by atoms with Gasteiger partial charge in [0.1, 0.15) is 32.2 Å². The number of sulfone groups is 1. The van der Waals surface area contributed by atoms with Crippen molar-refractivity contribution in [2.24, 2.45) is 5.92 Å². The molecule has 1 fully saturated rings. The average molecular weight is 1090 g/mol. The third-order valence-electron chi connectivity index (χ3n) is 12.0. The minimum absolute atomic E-state index is 0.0372. The Kier molecular flexibility index (Phi) is 18.9. The number of ether oxygens (including phenoxy) is 8. The molecule has 2 aromatic carbocycles. The summed E-state index contributed by atoms with van der Waals surface area (Å²) in [5.74, 6) is -3.16. The maximum absolute atomic E-state index is 14.9. The number of carbonyl (C=O) groups is 5. The molecule has 0 radical (unpaired) electrons.